The maximum Gasteiger partial charge on any atom is 0.190 e. The quantitative estimate of drug-likeness (QED) is 0.282. The molecule has 0 aliphatic heterocycles. The number of nitrogens with zero attached hydrogens (tertiary/aromatic N) is 2. The van der Waals surface area contributed by atoms with Crippen molar-refractivity contribution >= 4 is 17.0 Å². The summed E-state index contributed by atoms with van der Waals surface area (Å²) in [6, 6.07) is 28.6. The number of aryl methyl sites for hydroxylation is 2. The molecule has 0 N–H and O–H groups in total. The average molecular weight is 453 g/mol. The summed E-state index contributed by atoms with van der Waals surface area (Å²) in [7, 11) is 0. The van der Waals surface area contributed by atoms with Crippen LogP contribution in [0.4, 0.5) is 5.69 Å². The maximum absolute atomic E-state index is 5.01. The van der Waals surface area contributed by atoms with Crippen molar-refractivity contribution in [1.29, 1.82) is 0 Å². The molecule has 1 heterocycles. The van der Waals surface area contributed by atoms with Gasteiger partial charge in [-0.3, -0.25) is 0 Å². The summed E-state index contributed by atoms with van der Waals surface area (Å²) in [6.07, 6.45) is 7.83. The Morgan fingerprint density at radius 2 is 1.58 bits per heavy atom. The number of hydrogen-bond acceptors (Lipinski definition) is 2. The van der Waals surface area contributed by atoms with Crippen molar-refractivity contribution in [2.45, 2.75) is 57.9 Å². The summed E-state index contributed by atoms with van der Waals surface area (Å²) in [5.41, 5.74) is 7.68. The lowest BCUT2D eigenvalue weighted by molar-refractivity contribution is 0.443. The summed E-state index contributed by atoms with van der Waals surface area (Å²) in [4.78, 5) is 6.07. The molecule has 0 saturated heterocycles. The van der Waals surface area contributed by atoms with Crippen molar-refractivity contribution in [2.24, 2.45) is 4.99 Å². The minimum Gasteiger partial charge on any atom is -0.316 e. The van der Waals surface area contributed by atoms with Crippen LogP contribution in [0.25, 0.3) is 11.3 Å². The van der Waals surface area contributed by atoms with Crippen molar-refractivity contribution in [3.8, 4) is 11.3 Å². The molecule has 0 radical (unpaired) electrons. The van der Waals surface area contributed by atoms with Crippen LogP contribution in [-0.4, -0.2) is 4.57 Å². The van der Waals surface area contributed by atoms with E-state index >= 15 is 0 Å². The number of thiazole rings is 1. The highest BCUT2D eigenvalue weighted by Crippen LogP contribution is 2.33. The fourth-order valence-electron chi connectivity index (χ4n) is 4.84. The summed E-state index contributed by atoms with van der Waals surface area (Å²) in [5, 5.41) is 2.27. The Morgan fingerprint density at radius 3 is 2.30 bits per heavy atom. The Labute approximate surface area is 201 Å². The summed E-state index contributed by atoms with van der Waals surface area (Å²) in [5.74, 6) is 0.743. The minimum atomic E-state index is 0.743. The third-order valence-corrected chi connectivity index (χ3v) is 7.67. The first-order valence-corrected chi connectivity index (χ1v) is 13.1. The van der Waals surface area contributed by atoms with Crippen LogP contribution in [-0.2, 0) is 13.0 Å². The van der Waals surface area contributed by atoms with E-state index < -0.39 is 0 Å². The van der Waals surface area contributed by atoms with Crippen LogP contribution in [0.15, 0.2) is 89.2 Å². The summed E-state index contributed by atoms with van der Waals surface area (Å²) < 4.78 is 2.40. The molecule has 1 saturated carbocycles. The number of rotatable bonds is 6. The van der Waals surface area contributed by atoms with Gasteiger partial charge in [0, 0.05) is 11.9 Å². The molecule has 3 aromatic carbocycles. The molecule has 0 unspecified atom stereocenters. The molecule has 33 heavy (non-hydrogen) atoms. The molecule has 1 fully saturated rings. The minimum absolute atomic E-state index is 0.743. The van der Waals surface area contributed by atoms with Crippen molar-refractivity contribution in [2.75, 3.05) is 0 Å². The van der Waals surface area contributed by atoms with Crippen LogP contribution < -0.4 is 4.80 Å². The molecule has 0 amide bonds. The standard InChI is InChI=1S/C30H32N2S/c1-23-12-18-28(19-13-23)31-30-32(21-20-24-8-4-2-5-9-24)29(22-33-30)27-16-14-26(15-17-27)25-10-6-3-7-11-25/h2,4-5,8-9,12-19,22,25H,3,6-7,10-11,20-21H2,1H3. The molecule has 3 heteroatoms. The second-order valence-electron chi connectivity index (χ2n) is 9.20. The van der Waals surface area contributed by atoms with Crippen molar-refractivity contribution in [3.63, 3.8) is 0 Å². The first-order chi connectivity index (χ1) is 16.3. The Hall–Kier alpha value is -2.91. The van der Waals surface area contributed by atoms with Crippen molar-refractivity contribution in [1.82, 2.24) is 4.57 Å². The van der Waals surface area contributed by atoms with Crippen LogP contribution in [0.1, 0.15) is 54.7 Å². The van der Waals surface area contributed by atoms with Gasteiger partial charge in [0.05, 0.1) is 11.4 Å². The zero-order chi connectivity index (χ0) is 22.5. The lowest BCUT2D eigenvalue weighted by Crippen LogP contribution is -2.17. The van der Waals surface area contributed by atoms with Gasteiger partial charge in [0.1, 0.15) is 0 Å². The van der Waals surface area contributed by atoms with Gasteiger partial charge >= 0.3 is 0 Å². The smallest absolute Gasteiger partial charge is 0.190 e. The highest BCUT2D eigenvalue weighted by atomic mass is 32.1. The topological polar surface area (TPSA) is 17.3 Å². The third kappa shape index (κ3) is 5.36. The monoisotopic (exact) mass is 452 g/mol. The predicted octanol–water partition coefficient (Wildman–Crippen LogP) is 8.05. The average Bonchev–Trinajstić information content (AvgIpc) is 3.27. The van der Waals surface area contributed by atoms with E-state index in [-0.39, 0.29) is 0 Å². The fraction of sp³-hybridized carbons (Fsp3) is 0.300. The zero-order valence-electron chi connectivity index (χ0n) is 19.4. The second-order valence-corrected chi connectivity index (χ2v) is 10.0. The first-order valence-electron chi connectivity index (χ1n) is 12.2. The van der Waals surface area contributed by atoms with E-state index in [2.05, 4.69) is 95.7 Å². The Morgan fingerprint density at radius 1 is 0.848 bits per heavy atom. The molecule has 5 rings (SSSR count). The van der Waals surface area contributed by atoms with E-state index in [1.165, 1.54) is 60.1 Å². The zero-order valence-corrected chi connectivity index (χ0v) is 20.2. The molecule has 168 valence electrons. The number of aromatic nitrogens is 1. The van der Waals surface area contributed by atoms with E-state index in [0.29, 0.717) is 0 Å². The largest absolute Gasteiger partial charge is 0.316 e. The van der Waals surface area contributed by atoms with Gasteiger partial charge in [-0.2, -0.15) is 0 Å². The van der Waals surface area contributed by atoms with Gasteiger partial charge in [-0.05, 0) is 60.9 Å². The fourth-order valence-corrected chi connectivity index (χ4v) is 5.80. The molecule has 2 nitrogen and oxygen atoms in total. The number of hydrogen-bond donors (Lipinski definition) is 0. The molecule has 1 aliphatic carbocycles. The maximum atomic E-state index is 5.01. The van der Waals surface area contributed by atoms with Gasteiger partial charge in [0.25, 0.3) is 0 Å². The van der Waals surface area contributed by atoms with Gasteiger partial charge in [0.2, 0.25) is 0 Å². The molecular weight excluding hydrogens is 420 g/mol. The van der Waals surface area contributed by atoms with Crippen LogP contribution in [0.5, 0.6) is 0 Å². The van der Waals surface area contributed by atoms with Crippen LogP contribution in [0, 0.1) is 6.92 Å². The summed E-state index contributed by atoms with van der Waals surface area (Å²) in [6.45, 7) is 3.03. The summed E-state index contributed by atoms with van der Waals surface area (Å²) >= 11 is 1.73. The van der Waals surface area contributed by atoms with Crippen molar-refractivity contribution in [3.05, 3.63) is 106 Å². The van der Waals surface area contributed by atoms with E-state index in [1.807, 2.05) is 0 Å². The molecule has 0 spiro atoms. The van der Waals surface area contributed by atoms with Crippen LogP contribution in [0.2, 0.25) is 0 Å². The van der Waals surface area contributed by atoms with Gasteiger partial charge < -0.3 is 4.57 Å². The van der Waals surface area contributed by atoms with Gasteiger partial charge in [-0.1, -0.05) is 91.6 Å². The predicted molar refractivity (Wildman–Crippen MR) is 140 cm³/mol. The van der Waals surface area contributed by atoms with E-state index in [9.17, 15) is 0 Å². The van der Waals surface area contributed by atoms with Crippen LogP contribution >= 0.6 is 11.3 Å². The van der Waals surface area contributed by atoms with Gasteiger partial charge in [-0.25, -0.2) is 4.99 Å². The Kier molecular flexibility index (Phi) is 6.87. The Balaban J connectivity index is 1.48. The molecule has 0 atom stereocenters. The normalized spacial score (nSPS) is 15.1. The third-order valence-electron chi connectivity index (χ3n) is 6.81. The molecule has 1 aliphatic rings. The lowest BCUT2D eigenvalue weighted by Gasteiger charge is -2.22. The van der Waals surface area contributed by atoms with Crippen LogP contribution in [0.3, 0.4) is 0 Å². The number of benzene rings is 3. The molecule has 1 aromatic heterocycles. The molecule has 0 bridgehead atoms. The van der Waals surface area contributed by atoms with Gasteiger partial charge in [-0.15, -0.1) is 11.3 Å². The molecular formula is C30H32N2S. The highest BCUT2D eigenvalue weighted by molar-refractivity contribution is 7.07. The highest BCUT2D eigenvalue weighted by Gasteiger charge is 2.16. The Bertz CT molecular complexity index is 1230. The van der Waals surface area contributed by atoms with Gasteiger partial charge in [0.15, 0.2) is 4.80 Å². The lowest BCUT2D eigenvalue weighted by atomic mass is 9.84. The van der Waals surface area contributed by atoms with E-state index in [1.54, 1.807) is 11.3 Å². The SMILES string of the molecule is Cc1ccc(N=c2scc(-c3ccc(C4CCCCC4)cc3)n2CCc2ccccc2)cc1. The van der Waals surface area contributed by atoms with E-state index in [4.69, 9.17) is 4.99 Å². The first kappa shape index (κ1) is 21.9. The van der Waals surface area contributed by atoms with Crippen molar-refractivity contribution < 1.29 is 0 Å². The molecule has 4 aromatic rings. The van der Waals surface area contributed by atoms with E-state index in [0.717, 1.165) is 29.4 Å². The second kappa shape index (κ2) is 10.4.